The Morgan fingerprint density at radius 2 is 1.92 bits per heavy atom. The highest BCUT2D eigenvalue weighted by molar-refractivity contribution is 5.56. The summed E-state index contributed by atoms with van der Waals surface area (Å²) >= 11 is 0. The molecule has 24 heavy (non-hydrogen) atoms. The summed E-state index contributed by atoms with van der Waals surface area (Å²) in [7, 11) is 0. The van der Waals surface area contributed by atoms with Crippen LogP contribution >= 0.6 is 0 Å². The Morgan fingerprint density at radius 3 is 2.58 bits per heavy atom. The smallest absolute Gasteiger partial charge is 0.251 e. The van der Waals surface area contributed by atoms with Crippen molar-refractivity contribution < 1.29 is 0 Å². The van der Waals surface area contributed by atoms with Gasteiger partial charge in [-0.2, -0.15) is 0 Å². The van der Waals surface area contributed by atoms with Gasteiger partial charge in [0.15, 0.2) is 0 Å². The van der Waals surface area contributed by atoms with Gasteiger partial charge >= 0.3 is 0 Å². The van der Waals surface area contributed by atoms with Crippen molar-refractivity contribution in [1.82, 2.24) is 15.0 Å². The molecule has 3 rings (SSSR count). The van der Waals surface area contributed by atoms with E-state index in [1.165, 1.54) is 44.9 Å². The molecule has 0 amide bonds. The second-order valence-electron chi connectivity index (χ2n) is 6.56. The lowest BCUT2D eigenvalue weighted by Gasteiger charge is -2.21. The van der Waals surface area contributed by atoms with Crippen molar-refractivity contribution in [1.29, 1.82) is 0 Å². The minimum Gasteiger partial charge on any atom is -0.367 e. The van der Waals surface area contributed by atoms with E-state index >= 15 is 0 Å². The maximum atomic E-state index is 11.7. The molecule has 0 aromatic carbocycles. The number of H-pyrrole nitrogens is 1. The molecule has 128 valence electrons. The van der Waals surface area contributed by atoms with E-state index in [0.29, 0.717) is 11.9 Å². The first-order valence-corrected chi connectivity index (χ1v) is 9.08. The van der Waals surface area contributed by atoms with Crippen molar-refractivity contribution in [2.24, 2.45) is 0 Å². The molecule has 0 saturated heterocycles. The monoisotopic (exact) mass is 326 g/mol. The Kier molecular flexibility index (Phi) is 5.62. The zero-order chi connectivity index (χ0) is 16.8. The first-order chi connectivity index (χ1) is 11.7. The van der Waals surface area contributed by atoms with Gasteiger partial charge in [-0.15, -0.1) is 0 Å². The van der Waals surface area contributed by atoms with Crippen molar-refractivity contribution >= 4 is 5.82 Å². The molecule has 2 N–H and O–H groups in total. The van der Waals surface area contributed by atoms with Crippen LogP contribution < -0.4 is 10.9 Å². The molecule has 1 saturated carbocycles. The minimum absolute atomic E-state index is 0.117. The highest BCUT2D eigenvalue weighted by atomic mass is 16.1. The summed E-state index contributed by atoms with van der Waals surface area (Å²) in [5.74, 6) is 1.49. The lowest BCUT2D eigenvalue weighted by Crippen LogP contribution is -2.21. The second-order valence-corrected chi connectivity index (χ2v) is 6.56. The van der Waals surface area contributed by atoms with E-state index in [2.05, 4.69) is 20.3 Å². The van der Waals surface area contributed by atoms with Gasteiger partial charge in [-0.05, 0) is 31.4 Å². The standard InChI is InChI=1S/C19H26N4O/c1-2-15-12-18(24)23-19(22-15)14-10-11-17(20-13-14)21-16-8-6-4-3-5-7-9-16/h10-13,16H,2-9H2,1H3,(H,20,21)(H,22,23,24). The summed E-state index contributed by atoms with van der Waals surface area (Å²) in [6, 6.07) is 6.01. The summed E-state index contributed by atoms with van der Waals surface area (Å²) in [6.45, 7) is 1.99. The van der Waals surface area contributed by atoms with Gasteiger partial charge in [0.25, 0.3) is 5.56 Å². The molecule has 1 fully saturated rings. The second kappa shape index (κ2) is 8.08. The van der Waals surface area contributed by atoms with E-state index in [9.17, 15) is 4.79 Å². The van der Waals surface area contributed by atoms with Crippen LogP contribution in [-0.4, -0.2) is 21.0 Å². The average Bonchev–Trinajstić information content (AvgIpc) is 2.57. The lowest BCUT2D eigenvalue weighted by atomic mass is 9.97. The first kappa shape index (κ1) is 16.7. The summed E-state index contributed by atoms with van der Waals surface area (Å²) in [6.07, 6.45) is 11.6. The summed E-state index contributed by atoms with van der Waals surface area (Å²) in [4.78, 5) is 23.5. The van der Waals surface area contributed by atoms with Crippen LogP contribution in [0.2, 0.25) is 0 Å². The van der Waals surface area contributed by atoms with Crippen LogP contribution in [0.15, 0.2) is 29.2 Å². The number of anilines is 1. The van der Waals surface area contributed by atoms with Crippen molar-refractivity contribution in [2.45, 2.75) is 64.3 Å². The number of aromatic nitrogens is 3. The van der Waals surface area contributed by atoms with Crippen molar-refractivity contribution in [2.75, 3.05) is 5.32 Å². The van der Waals surface area contributed by atoms with E-state index in [1.54, 1.807) is 12.3 Å². The van der Waals surface area contributed by atoms with Crippen LogP contribution in [0.4, 0.5) is 5.82 Å². The van der Waals surface area contributed by atoms with Gasteiger partial charge in [0.05, 0.1) is 0 Å². The number of pyridine rings is 1. The summed E-state index contributed by atoms with van der Waals surface area (Å²) in [5, 5.41) is 3.56. The van der Waals surface area contributed by atoms with E-state index in [4.69, 9.17) is 0 Å². The number of aromatic amines is 1. The molecule has 5 heteroatoms. The minimum atomic E-state index is -0.117. The number of hydrogen-bond donors (Lipinski definition) is 2. The fraction of sp³-hybridized carbons (Fsp3) is 0.526. The number of aryl methyl sites for hydroxylation is 1. The molecule has 0 radical (unpaired) electrons. The molecule has 2 aromatic heterocycles. The quantitative estimate of drug-likeness (QED) is 0.893. The van der Waals surface area contributed by atoms with Gasteiger partial charge in [0, 0.05) is 29.6 Å². The maximum Gasteiger partial charge on any atom is 0.251 e. The molecule has 0 unspecified atom stereocenters. The zero-order valence-corrected chi connectivity index (χ0v) is 14.3. The Morgan fingerprint density at radius 1 is 1.17 bits per heavy atom. The molecule has 5 nitrogen and oxygen atoms in total. The predicted octanol–water partition coefficient (Wildman–Crippen LogP) is 3.92. The topological polar surface area (TPSA) is 70.7 Å². The third-order valence-corrected chi connectivity index (χ3v) is 4.65. The molecule has 2 aromatic rings. The van der Waals surface area contributed by atoms with Crippen LogP contribution in [0.1, 0.15) is 57.6 Å². The normalized spacial score (nSPS) is 16.4. The third-order valence-electron chi connectivity index (χ3n) is 4.65. The van der Waals surface area contributed by atoms with Crippen LogP contribution in [0.3, 0.4) is 0 Å². The number of hydrogen-bond acceptors (Lipinski definition) is 4. The van der Waals surface area contributed by atoms with Gasteiger partial charge in [0.2, 0.25) is 0 Å². The van der Waals surface area contributed by atoms with Crippen LogP contribution in [0, 0.1) is 0 Å². The van der Waals surface area contributed by atoms with E-state index in [0.717, 1.165) is 23.5 Å². The fourth-order valence-corrected chi connectivity index (χ4v) is 3.25. The van der Waals surface area contributed by atoms with Gasteiger partial charge in [0.1, 0.15) is 11.6 Å². The molecule has 1 aliphatic carbocycles. The molecule has 2 heterocycles. The van der Waals surface area contributed by atoms with Crippen LogP contribution in [0.25, 0.3) is 11.4 Å². The van der Waals surface area contributed by atoms with E-state index < -0.39 is 0 Å². The highest BCUT2D eigenvalue weighted by Crippen LogP contribution is 2.21. The van der Waals surface area contributed by atoms with Crippen LogP contribution in [-0.2, 0) is 6.42 Å². The highest BCUT2D eigenvalue weighted by Gasteiger charge is 2.12. The molecule has 1 aliphatic rings. The Bertz CT molecular complexity index is 700. The maximum absolute atomic E-state index is 11.7. The molecule has 0 atom stereocenters. The van der Waals surface area contributed by atoms with Gasteiger partial charge in [-0.3, -0.25) is 4.79 Å². The Labute approximate surface area is 143 Å². The van der Waals surface area contributed by atoms with Crippen molar-refractivity contribution in [3.63, 3.8) is 0 Å². The van der Waals surface area contributed by atoms with Crippen molar-refractivity contribution in [3.8, 4) is 11.4 Å². The molecular weight excluding hydrogens is 300 g/mol. The summed E-state index contributed by atoms with van der Waals surface area (Å²) in [5.41, 5.74) is 1.52. The molecule has 0 spiro atoms. The average molecular weight is 326 g/mol. The molecule has 0 aliphatic heterocycles. The SMILES string of the molecule is CCc1cc(=O)[nH]c(-c2ccc(NC3CCCCCCC3)nc2)n1. The fourth-order valence-electron chi connectivity index (χ4n) is 3.25. The number of nitrogens with one attached hydrogen (secondary N) is 2. The molecular formula is C19H26N4O. The van der Waals surface area contributed by atoms with Gasteiger partial charge in [-0.1, -0.05) is 39.0 Å². The van der Waals surface area contributed by atoms with E-state index in [-0.39, 0.29) is 5.56 Å². The van der Waals surface area contributed by atoms with E-state index in [1.807, 2.05) is 19.1 Å². The Hall–Kier alpha value is -2.17. The zero-order valence-electron chi connectivity index (χ0n) is 14.3. The van der Waals surface area contributed by atoms with Crippen molar-refractivity contribution in [3.05, 3.63) is 40.4 Å². The molecule has 0 bridgehead atoms. The first-order valence-electron chi connectivity index (χ1n) is 9.08. The van der Waals surface area contributed by atoms with Gasteiger partial charge in [-0.25, -0.2) is 9.97 Å². The van der Waals surface area contributed by atoms with Gasteiger partial charge < -0.3 is 10.3 Å². The summed E-state index contributed by atoms with van der Waals surface area (Å²) < 4.78 is 0. The number of rotatable bonds is 4. The predicted molar refractivity (Wildman–Crippen MR) is 97.2 cm³/mol. The van der Waals surface area contributed by atoms with Crippen LogP contribution in [0.5, 0.6) is 0 Å². The third kappa shape index (κ3) is 4.43. The number of nitrogens with zero attached hydrogens (tertiary/aromatic N) is 2. The largest absolute Gasteiger partial charge is 0.367 e. The Balaban J connectivity index is 1.71. The lowest BCUT2D eigenvalue weighted by molar-refractivity contribution is 0.471.